The van der Waals surface area contributed by atoms with Crippen LogP contribution in [0, 0.1) is 13.8 Å². The second kappa shape index (κ2) is 10.6. The molecule has 1 N–H and O–H groups in total. The van der Waals surface area contributed by atoms with Gasteiger partial charge in [-0.3, -0.25) is 24.4 Å². The summed E-state index contributed by atoms with van der Waals surface area (Å²) in [7, 11) is 0. The molecule has 2 aliphatic rings. The Kier molecular flexibility index (Phi) is 7.29. The van der Waals surface area contributed by atoms with E-state index in [9.17, 15) is 9.59 Å². The van der Waals surface area contributed by atoms with Gasteiger partial charge in [0.05, 0.1) is 29.6 Å². The van der Waals surface area contributed by atoms with Crippen molar-refractivity contribution in [2.24, 2.45) is 0 Å². The highest BCUT2D eigenvalue weighted by atomic mass is 35.5. The molecule has 0 aromatic carbocycles. The minimum Gasteiger partial charge on any atom is -0.379 e. The van der Waals surface area contributed by atoms with Crippen LogP contribution in [0.4, 0.5) is 10.9 Å². The summed E-state index contributed by atoms with van der Waals surface area (Å²) in [5.74, 6) is 0.218. The number of carbonyl (C=O) groups is 2. The number of ether oxygens (including phenoxy) is 1. The van der Waals surface area contributed by atoms with E-state index in [-0.39, 0.29) is 11.8 Å². The second-order valence-corrected chi connectivity index (χ2v) is 10.4. The van der Waals surface area contributed by atoms with Gasteiger partial charge in [0.15, 0.2) is 5.13 Å². The Morgan fingerprint density at radius 1 is 1.17 bits per heavy atom. The third kappa shape index (κ3) is 5.27. The SMILES string of the molecule is Cc1cnc(-c2cc(N3CCc4nc(NC(=O)CCN5CCOCC5)sc4C3=O)ncc2Cl)c(C)c1. The zero-order chi connectivity index (χ0) is 25.2. The molecule has 0 atom stereocenters. The molecule has 3 aromatic rings. The van der Waals surface area contributed by atoms with Crippen LogP contribution in [0.15, 0.2) is 24.5 Å². The first kappa shape index (κ1) is 24.8. The number of hydrogen-bond donors (Lipinski definition) is 1. The molecule has 0 radical (unpaired) electrons. The molecule has 1 fully saturated rings. The van der Waals surface area contributed by atoms with Gasteiger partial charge in [0.25, 0.3) is 5.91 Å². The van der Waals surface area contributed by atoms with Crippen LogP contribution in [0.5, 0.6) is 0 Å². The fourth-order valence-electron chi connectivity index (χ4n) is 4.42. The van der Waals surface area contributed by atoms with E-state index in [1.54, 1.807) is 17.3 Å². The lowest BCUT2D eigenvalue weighted by atomic mass is 10.1. The molecule has 2 amide bonds. The number of carbonyl (C=O) groups excluding carboxylic acids is 2. The molecule has 3 aromatic heterocycles. The Labute approximate surface area is 218 Å². The highest BCUT2D eigenvalue weighted by molar-refractivity contribution is 7.18. The van der Waals surface area contributed by atoms with E-state index in [0.29, 0.717) is 65.7 Å². The number of pyridine rings is 2. The monoisotopic (exact) mass is 526 g/mol. The predicted octanol–water partition coefficient (Wildman–Crippen LogP) is 3.73. The van der Waals surface area contributed by atoms with E-state index in [1.807, 2.05) is 26.0 Å². The summed E-state index contributed by atoms with van der Waals surface area (Å²) in [5.41, 5.74) is 4.26. The zero-order valence-corrected chi connectivity index (χ0v) is 21.8. The van der Waals surface area contributed by atoms with Crippen molar-refractivity contribution in [2.45, 2.75) is 26.7 Å². The van der Waals surface area contributed by atoms with Gasteiger partial charge in [-0.25, -0.2) is 9.97 Å². The van der Waals surface area contributed by atoms with Crippen LogP contribution < -0.4 is 10.2 Å². The maximum Gasteiger partial charge on any atom is 0.271 e. The molecular formula is C25H27ClN6O3S. The van der Waals surface area contributed by atoms with Gasteiger partial charge in [0, 0.05) is 57.0 Å². The van der Waals surface area contributed by atoms with Gasteiger partial charge in [-0.2, -0.15) is 0 Å². The number of fused-ring (bicyclic) bond motifs is 1. The lowest BCUT2D eigenvalue weighted by molar-refractivity contribution is -0.116. The quantitative estimate of drug-likeness (QED) is 0.522. The molecule has 0 bridgehead atoms. The van der Waals surface area contributed by atoms with Crippen molar-refractivity contribution in [3.05, 3.63) is 51.2 Å². The zero-order valence-electron chi connectivity index (χ0n) is 20.2. The minimum absolute atomic E-state index is 0.109. The topological polar surface area (TPSA) is 101 Å². The third-order valence-corrected chi connectivity index (χ3v) is 7.60. The summed E-state index contributed by atoms with van der Waals surface area (Å²) in [6.45, 7) is 8.16. The first-order valence-electron chi connectivity index (χ1n) is 11.9. The standard InChI is InChI=1S/C25H27ClN6O3S/c1-15-11-16(2)22(28-13-15)17-12-20(27-14-18(17)26)32-6-3-19-23(24(32)34)36-25(29-19)30-21(33)4-5-31-7-9-35-10-8-31/h11-14H,3-10H2,1-2H3,(H,29,30,33). The number of halogens is 1. The molecular weight excluding hydrogens is 500 g/mol. The Balaban J connectivity index is 1.30. The number of rotatable bonds is 6. The van der Waals surface area contributed by atoms with Gasteiger partial charge in [-0.05, 0) is 31.0 Å². The van der Waals surface area contributed by atoms with Crippen LogP contribution in [0.1, 0.15) is 32.9 Å². The molecule has 0 spiro atoms. The highest BCUT2D eigenvalue weighted by Gasteiger charge is 2.31. The minimum atomic E-state index is -0.183. The number of thiazole rings is 1. The lowest BCUT2D eigenvalue weighted by Gasteiger charge is -2.26. The summed E-state index contributed by atoms with van der Waals surface area (Å²) in [4.78, 5) is 43.7. The van der Waals surface area contributed by atoms with Crippen LogP contribution >= 0.6 is 22.9 Å². The molecule has 1 saturated heterocycles. The van der Waals surface area contributed by atoms with Gasteiger partial charge in [-0.1, -0.05) is 29.0 Å². The molecule has 5 rings (SSSR count). The van der Waals surface area contributed by atoms with Crippen LogP contribution in [0.25, 0.3) is 11.3 Å². The summed E-state index contributed by atoms with van der Waals surface area (Å²) >= 11 is 7.67. The van der Waals surface area contributed by atoms with E-state index < -0.39 is 0 Å². The number of hydrogen-bond acceptors (Lipinski definition) is 8. The first-order chi connectivity index (χ1) is 17.4. The van der Waals surface area contributed by atoms with Crippen LogP contribution in [0.2, 0.25) is 5.02 Å². The Morgan fingerprint density at radius 2 is 1.97 bits per heavy atom. The summed E-state index contributed by atoms with van der Waals surface area (Å²) < 4.78 is 5.34. The molecule has 36 heavy (non-hydrogen) atoms. The summed E-state index contributed by atoms with van der Waals surface area (Å²) in [6, 6.07) is 3.86. The number of anilines is 2. The van der Waals surface area contributed by atoms with Gasteiger partial charge < -0.3 is 10.1 Å². The van der Waals surface area contributed by atoms with Crippen LogP contribution in [-0.4, -0.2) is 71.1 Å². The maximum atomic E-state index is 13.4. The van der Waals surface area contributed by atoms with Crippen molar-refractivity contribution >= 4 is 45.7 Å². The van der Waals surface area contributed by atoms with Gasteiger partial charge >= 0.3 is 0 Å². The predicted molar refractivity (Wildman–Crippen MR) is 140 cm³/mol. The number of aromatic nitrogens is 3. The average Bonchev–Trinajstić information content (AvgIpc) is 3.28. The molecule has 11 heteroatoms. The molecule has 9 nitrogen and oxygen atoms in total. The Bertz CT molecular complexity index is 1310. The molecule has 0 unspecified atom stereocenters. The van der Waals surface area contributed by atoms with E-state index >= 15 is 0 Å². The van der Waals surface area contributed by atoms with Crippen LogP contribution in [0.3, 0.4) is 0 Å². The van der Waals surface area contributed by atoms with Crippen molar-refractivity contribution < 1.29 is 14.3 Å². The van der Waals surface area contributed by atoms with E-state index in [0.717, 1.165) is 35.5 Å². The highest BCUT2D eigenvalue weighted by Crippen LogP contribution is 2.34. The Morgan fingerprint density at radius 3 is 2.75 bits per heavy atom. The van der Waals surface area contributed by atoms with Crippen molar-refractivity contribution in [3.8, 4) is 11.3 Å². The molecule has 0 aliphatic carbocycles. The number of nitrogens with one attached hydrogen (secondary N) is 1. The molecule has 188 valence electrons. The first-order valence-corrected chi connectivity index (χ1v) is 13.1. The van der Waals surface area contributed by atoms with Crippen molar-refractivity contribution in [2.75, 3.05) is 49.6 Å². The normalized spacial score (nSPS) is 16.2. The molecule has 2 aliphatic heterocycles. The summed E-state index contributed by atoms with van der Waals surface area (Å²) in [6.07, 6.45) is 4.30. The largest absolute Gasteiger partial charge is 0.379 e. The molecule has 5 heterocycles. The van der Waals surface area contributed by atoms with Gasteiger partial charge in [0.1, 0.15) is 10.7 Å². The average molecular weight is 527 g/mol. The third-order valence-electron chi connectivity index (χ3n) is 6.30. The Hall–Kier alpha value is -2.92. The van der Waals surface area contributed by atoms with Crippen molar-refractivity contribution in [3.63, 3.8) is 0 Å². The fourth-order valence-corrected chi connectivity index (χ4v) is 5.59. The number of nitrogens with zero attached hydrogens (tertiary/aromatic N) is 5. The van der Waals surface area contributed by atoms with E-state index in [1.165, 1.54) is 11.3 Å². The van der Waals surface area contributed by atoms with Gasteiger partial charge in [-0.15, -0.1) is 0 Å². The smallest absolute Gasteiger partial charge is 0.271 e. The van der Waals surface area contributed by atoms with E-state index in [2.05, 4.69) is 25.2 Å². The number of amides is 2. The van der Waals surface area contributed by atoms with E-state index in [4.69, 9.17) is 16.3 Å². The lowest BCUT2D eigenvalue weighted by Crippen LogP contribution is -2.38. The maximum absolute atomic E-state index is 13.4. The van der Waals surface area contributed by atoms with Crippen molar-refractivity contribution in [1.82, 2.24) is 19.9 Å². The number of morpholine rings is 1. The number of aryl methyl sites for hydroxylation is 2. The summed E-state index contributed by atoms with van der Waals surface area (Å²) in [5, 5.41) is 3.79. The second-order valence-electron chi connectivity index (χ2n) is 8.95. The van der Waals surface area contributed by atoms with Crippen LogP contribution in [-0.2, 0) is 16.0 Å². The fraction of sp³-hybridized carbons (Fsp3) is 0.400. The van der Waals surface area contributed by atoms with Gasteiger partial charge in [0.2, 0.25) is 5.91 Å². The molecule has 0 saturated carbocycles. The van der Waals surface area contributed by atoms with Crippen molar-refractivity contribution in [1.29, 1.82) is 0 Å².